The number of nitrogens with zero attached hydrogens (tertiary/aromatic N) is 4. The van der Waals surface area contributed by atoms with E-state index in [0.29, 0.717) is 13.1 Å². The average molecular weight is 425 g/mol. The van der Waals surface area contributed by atoms with Crippen molar-refractivity contribution in [3.05, 3.63) is 58.3 Å². The first-order valence-electron chi connectivity index (χ1n) is 10.3. The van der Waals surface area contributed by atoms with Crippen molar-refractivity contribution in [1.82, 2.24) is 14.7 Å². The van der Waals surface area contributed by atoms with Gasteiger partial charge in [0.1, 0.15) is 5.82 Å². The van der Waals surface area contributed by atoms with Crippen molar-refractivity contribution in [2.45, 2.75) is 25.5 Å². The molecule has 0 unspecified atom stereocenters. The van der Waals surface area contributed by atoms with Gasteiger partial charge in [0, 0.05) is 45.4 Å². The van der Waals surface area contributed by atoms with Gasteiger partial charge in [-0.15, -0.1) is 11.3 Å². The van der Waals surface area contributed by atoms with E-state index in [1.165, 1.54) is 11.3 Å². The van der Waals surface area contributed by atoms with Gasteiger partial charge in [0.2, 0.25) is 0 Å². The zero-order chi connectivity index (χ0) is 21.1. The fraction of sp³-hybridized carbons (Fsp3) is 0.391. The fourth-order valence-electron chi connectivity index (χ4n) is 4.09. The average Bonchev–Trinajstić information content (AvgIpc) is 3.49. The number of ether oxygens (including phenoxy) is 1. The SMILES string of the molecule is CN(C)c1c(CN(C[C@H]2CCCO2)C(=O)c2cccs2)c(-c2ccccc2)nn1C. The third-order valence-electron chi connectivity index (χ3n) is 5.40. The fourth-order valence-corrected chi connectivity index (χ4v) is 4.78. The van der Waals surface area contributed by atoms with E-state index in [0.717, 1.165) is 47.0 Å². The summed E-state index contributed by atoms with van der Waals surface area (Å²) in [6.07, 6.45) is 2.14. The minimum atomic E-state index is 0.0491. The van der Waals surface area contributed by atoms with Crippen molar-refractivity contribution < 1.29 is 9.53 Å². The lowest BCUT2D eigenvalue weighted by atomic mass is 10.1. The van der Waals surface area contributed by atoms with Crippen molar-refractivity contribution in [2.75, 3.05) is 32.1 Å². The lowest BCUT2D eigenvalue weighted by molar-refractivity contribution is 0.0511. The highest BCUT2D eigenvalue weighted by Crippen LogP contribution is 2.32. The number of carbonyl (C=O) groups excluding carboxylic acids is 1. The molecule has 1 fully saturated rings. The monoisotopic (exact) mass is 424 g/mol. The molecule has 3 heterocycles. The zero-order valence-corrected chi connectivity index (χ0v) is 18.6. The highest BCUT2D eigenvalue weighted by molar-refractivity contribution is 7.12. The van der Waals surface area contributed by atoms with Crippen LogP contribution in [0.1, 0.15) is 28.1 Å². The summed E-state index contributed by atoms with van der Waals surface area (Å²) in [6, 6.07) is 14.0. The van der Waals surface area contributed by atoms with Crippen molar-refractivity contribution in [3.63, 3.8) is 0 Å². The Morgan fingerprint density at radius 1 is 1.23 bits per heavy atom. The second kappa shape index (κ2) is 9.02. The van der Waals surface area contributed by atoms with Gasteiger partial charge in [0.25, 0.3) is 5.91 Å². The van der Waals surface area contributed by atoms with Gasteiger partial charge in [-0.2, -0.15) is 5.10 Å². The number of hydrogen-bond donors (Lipinski definition) is 0. The van der Waals surface area contributed by atoms with Gasteiger partial charge >= 0.3 is 0 Å². The van der Waals surface area contributed by atoms with Crippen molar-refractivity contribution in [1.29, 1.82) is 0 Å². The molecule has 3 aromatic rings. The van der Waals surface area contributed by atoms with Crippen LogP contribution in [0, 0.1) is 0 Å². The lowest BCUT2D eigenvalue weighted by Crippen LogP contribution is -2.37. The number of benzene rings is 1. The molecule has 0 saturated carbocycles. The van der Waals surface area contributed by atoms with Crippen LogP contribution in [0.5, 0.6) is 0 Å². The van der Waals surface area contributed by atoms with Crippen LogP contribution in [0.4, 0.5) is 5.82 Å². The minimum Gasteiger partial charge on any atom is -0.376 e. The van der Waals surface area contributed by atoms with E-state index in [4.69, 9.17) is 9.84 Å². The van der Waals surface area contributed by atoms with Crippen LogP contribution < -0.4 is 4.90 Å². The molecule has 1 aliphatic rings. The molecular formula is C23H28N4O2S. The Morgan fingerprint density at radius 2 is 2.03 bits per heavy atom. The maximum atomic E-state index is 13.4. The van der Waals surface area contributed by atoms with Gasteiger partial charge in [-0.3, -0.25) is 9.48 Å². The summed E-state index contributed by atoms with van der Waals surface area (Å²) in [6.45, 7) is 1.85. The van der Waals surface area contributed by atoms with E-state index >= 15 is 0 Å². The molecule has 158 valence electrons. The number of thiophene rings is 1. The lowest BCUT2D eigenvalue weighted by Gasteiger charge is -2.26. The summed E-state index contributed by atoms with van der Waals surface area (Å²) in [5.41, 5.74) is 3.02. The predicted molar refractivity (Wildman–Crippen MR) is 121 cm³/mol. The minimum absolute atomic E-state index is 0.0491. The molecule has 2 aromatic heterocycles. The molecule has 0 spiro atoms. The summed E-state index contributed by atoms with van der Waals surface area (Å²) in [7, 11) is 5.98. The highest BCUT2D eigenvalue weighted by atomic mass is 32.1. The maximum Gasteiger partial charge on any atom is 0.264 e. The predicted octanol–water partition coefficient (Wildman–Crippen LogP) is 4.04. The van der Waals surface area contributed by atoms with Crippen molar-refractivity contribution in [3.8, 4) is 11.3 Å². The molecule has 0 N–H and O–H groups in total. The van der Waals surface area contributed by atoms with E-state index < -0.39 is 0 Å². The number of amides is 1. The molecule has 1 amide bonds. The first-order valence-corrected chi connectivity index (χ1v) is 11.2. The standard InChI is InChI=1S/C23H28N4O2S/c1-25(2)22-19(21(24-26(22)3)17-9-5-4-6-10-17)16-27(15-18-11-7-13-29-18)23(28)20-12-8-14-30-20/h4-6,8-10,12,14,18H,7,11,13,15-16H2,1-3H3/t18-/m1/s1. The van der Waals surface area contributed by atoms with Gasteiger partial charge in [-0.05, 0) is 24.3 Å². The zero-order valence-electron chi connectivity index (χ0n) is 17.7. The molecule has 1 aromatic carbocycles. The Balaban J connectivity index is 1.73. The van der Waals surface area contributed by atoms with E-state index in [-0.39, 0.29) is 12.0 Å². The second-order valence-electron chi connectivity index (χ2n) is 7.83. The Bertz CT molecular complexity index is 976. The largest absolute Gasteiger partial charge is 0.376 e. The Hall–Kier alpha value is -2.64. The summed E-state index contributed by atoms with van der Waals surface area (Å²) in [4.78, 5) is 18.1. The number of hydrogen-bond acceptors (Lipinski definition) is 5. The molecule has 0 radical (unpaired) electrons. The molecule has 7 heteroatoms. The van der Waals surface area contributed by atoms with Crippen molar-refractivity contribution >= 4 is 23.1 Å². The van der Waals surface area contributed by atoms with Gasteiger partial charge in [0.05, 0.1) is 23.2 Å². The van der Waals surface area contributed by atoms with Gasteiger partial charge < -0.3 is 14.5 Å². The molecule has 1 aliphatic heterocycles. The van der Waals surface area contributed by atoms with Crippen LogP contribution in [0.25, 0.3) is 11.3 Å². The van der Waals surface area contributed by atoms with E-state index in [1.54, 1.807) is 0 Å². The van der Waals surface area contributed by atoms with E-state index in [1.807, 2.05) is 66.4 Å². The summed E-state index contributed by atoms with van der Waals surface area (Å²) >= 11 is 1.48. The van der Waals surface area contributed by atoms with Crippen molar-refractivity contribution in [2.24, 2.45) is 7.05 Å². The molecule has 6 nitrogen and oxygen atoms in total. The number of anilines is 1. The molecule has 1 atom stereocenters. The van der Waals surface area contributed by atoms with Crippen LogP contribution in [0.3, 0.4) is 0 Å². The Morgan fingerprint density at radius 3 is 2.67 bits per heavy atom. The molecule has 30 heavy (non-hydrogen) atoms. The van der Waals surface area contributed by atoms with Crippen LogP contribution in [0.15, 0.2) is 47.8 Å². The number of aryl methyl sites for hydroxylation is 1. The third-order valence-corrected chi connectivity index (χ3v) is 6.26. The topological polar surface area (TPSA) is 50.6 Å². The summed E-state index contributed by atoms with van der Waals surface area (Å²) in [5, 5.41) is 6.76. The Labute approximate surface area is 181 Å². The molecule has 1 saturated heterocycles. The van der Waals surface area contributed by atoms with Crippen LogP contribution in [0.2, 0.25) is 0 Å². The van der Waals surface area contributed by atoms with Gasteiger partial charge in [0.15, 0.2) is 0 Å². The smallest absolute Gasteiger partial charge is 0.264 e. The molecule has 4 rings (SSSR count). The number of aromatic nitrogens is 2. The molecule has 0 aliphatic carbocycles. The number of rotatable bonds is 7. The van der Waals surface area contributed by atoms with Crippen LogP contribution in [-0.4, -0.2) is 53.9 Å². The van der Waals surface area contributed by atoms with E-state index in [2.05, 4.69) is 17.0 Å². The second-order valence-corrected chi connectivity index (χ2v) is 8.78. The number of carbonyl (C=O) groups is 1. The third kappa shape index (κ3) is 4.27. The first kappa shape index (κ1) is 20.6. The first-order chi connectivity index (χ1) is 14.5. The molecular weight excluding hydrogens is 396 g/mol. The van der Waals surface area contributed by atoms with Crippen LogP contribution >= 0.6 is 11.3 Å². The van der Waals surface area contributed by atoms with Gasteiger partial charge in [-0.25, -0.2) is 0 Å². The quantitative estimate of drug-likeness (QED) is 0.575. The summed E-state index contributed by atoms with van der Waals surface area (Å²) in [5.74, 6) is 1.05. The normalized spacial score (nSPS) is 16.0. The summed E-state index contributed by atoms with van der Waals surface area (Å²) < 4.78 is 7.77. The van der Waals surface area contributed by atoms with Gasteiger partial charge in [-0.1, -0.05) is 36.4 Å². The molecule has 0 bridgehead atoms. The van der Waals surface area contributed by atoms with Crippen LogP contribution in [-0.2, 0) is 18.3 Å². The maximum absolute atomic E-state index is 13.4. The highest BCUT2D eigenvalue weighted by Gasteiger charge is 2.28. The van der Waals surface area contributed by atoms with E-state index in [9.17, 15) is 4.79 Å². The Kier molecular flexibility index (Phi) is 6.20.